The van der Waals surface area contributed by atoms with E-state index in [2.05, 4.69) is 47.2 Å². The van der Waals surface area contributed by atoms with Crippen molar-refractivity contribution in [3.63, 3.8) is 0 Å². The van der Waals surface area contributed by atoms with Crippen LogP contribution in [0.3, 0.4) is 0 Å². The molecular formula is C18H18BrNO3. The van der Waals surface area contributed by atoms with E-state index in [-0.39, 0.29) is 18.1 Å². The number of rotatable bonds is 4. The van der Waals surface area contributed by atoms with Gasteiger partial charge in [0.1, 0.15) is 0 Å². The van der Waals surface area contributed by atoms with Gasteiger partial charge in [-0.25, -0.2) is 0 Å². The first-order valence-electron chi connectivity index (χ1n) is 7.40. The summed E-state index contributed by atoms with van der Waals surface area (Å²) in [6.45, 7) is 4.89. The van der Waals surface area contributed by atoms with Crippen molar-refractivity contribution in [1.29, 1.82) is 0 Å². The van der Waals surface area contributed by atoms with Crippen LogP contribution >= 0.6 is 15.9 Å². The summed E-state index contributed by atoms with van der Waals surface area (Å²) in [5, 5.41) is 3.00. The monoisotopic (exact) mass is 375 g/mol. The van der Waals surface area contributed by atoms with E-state index in [0.717, 1.165) is 4.47 Å². The molecule has 1 heterocycles. The molecule has 23 heavy (non-hydrogen) atoms. The maximum absolute atomic E-state index is 12.5. The Balaban J connectivity index is 1.71. The highest BCUT2D eigenvalue weighted by molar-refractivity contribution is 9.10. The molecule has 2 aromatic rings. The van der Waals surface area contributed by atoms with Crippen molar-refractivity contribution in [2.24, 2.45) is 0 Å². The molecule has 1 aliphatic rings. The summed E-state index contributed by atoms with van der Waals surface area (Å²) >= 11 is 3.44. The van der Waals surface area contributed by atoms with Crippen LogP contribution in [0, 0.1) is 0 Å². The Morgan fingerprint density at radius 1 is 1.17 bits per heavy atom. The van der Waals surface area contributed by atoms with Gasteiger partial charge in [-0.2, -0.15) is 0 Å². The first kappa shape index (κ1) is 15.9. The number of carbonyl (C=O) groups excluding carboxylic acids is 1. The summed E-state index contributed by atoms with van der Waals surface area (Å²) in [6, 6.07) is 13.5. The molecule has 3 rings (SSSR count). The summed E-state index contributed by atoms with van der Waals surface area (Å²) in [7, 11) is 0. The Kier molecular flexibility index (Phi) is 4.31. The van der Waals surface area contributed by atoms with Crippen LogP contribution in [0.4, 0.5) is 0 Å². The minimum absolute atomic E-state index is 0.155. The molecule has 0 unspecified atom stereocenters. The number of hydrogen-bond donors (Lipinski definition) is 1. The van der Waals surface area contributed by atoms with Crippen LogP contribution < -0.4 is 14.8 Å². The lowest BCUT2D eigenvalue weighted by Crippen LogP contribution is -2.36. The second-order valence-corrected chi connectivity index (χ2v) is 7.03. The molecule has 1 aliphatic heterocycles. The lowest BCUT2D eigenvalue weighted by Gasteiger charge is -2.26. The molecule has 0 aliphatic carbocycles. The molecule has 120 valence electrons. The zero-order chi connectivity index (χ0) is 16.4. The first-order valence-corrected chi connectivity index (χ1v) is 8.19. The molecule has 2 aromatic carbocycles. The van der Waals surface area contributed by atoms with Gasteiger partial charge in [0.15, 0.2) is 11.5 Å². The Bertz CT molecular complexity index is 726. The summed E-state index contributed by atoms with van der Waals surface area (Å²) < 4.78 is 11.7. The highest BCUT2D eigenvalue weighted by Gasteiger charge is 2.25. The van der Waals surface area contributed by atoms with Crippen LogP contribution in [0.5, 0.6) is 11.5 Å². The van der Waals surface area contributed by atoms with E-state index in [0.29, 0.717) is 23.6 Å². The van der Waals surface area contributed by atoms with Crippen LogP contribution in [-0.4, -0.2) is 19.2 Å². The molecule has 0 radical (unpaired) electrons. The first-order chi connectivity index (χ1) is 11.0. The average molecular weight is 376 g/mol. The number of fused-ring (bicyclic) bond motifs is 1. The molecule has 0 spiro atoms. The molecule has 0 saturated heterocycles. The fourth-order valence-electron chi connectivity index (χ4n) is 2.51. The largest absolute Gasteiger partial charge is 0.454 e. The third kappa shape index (κ3) is 3.34. The number of amides is 1. The van der Waals surface area contributed by atoms with E-state index in [1.54, 1.807) is 18.2 Å². The van der Waals surface area contributed by atoms with E-state index in [9.17, 15) is 4.79 Å². The number of ether oxygens (including phenoxy) is 2. The van der Waals surface area contributed by atoms with Gasteiger partial charge >= 0.3 is 0 Å². The average Bonchev–Trinajstić information content (AvgIpc) is 3.01. The van der Waals surface area contributed by atoms with Crippen molar-refractivity contribution in [1.82, 2.24) is 5.32 Å². The van der Waals surface area contributed by atoms with Crippen molar-refractivity contribution in [3.8, 4) is 11.5 Å². The molecular weight excluding hydrogens is 358 g/mol. The Morgan fingerprint density at radius 2 is 1.91 bits per heavy atom. The van der Waals surface area contributed by atoms with E-state index in [4.69, 9.17) is 9.47 Å². The third-order valence-corrected chi connectivity index (χ3v) is 4.49. The lowest BCUT2D eigenvalue weighted by molar-refractivity contribution is 0.0941. The molecule has 0 fully saturated rings. The Morgan fingerprint density at radius 3 is 2.65 bits per heavy atom. The highest BCUT2D eigenvalue weighted by Crippen LogP contribution is 2.35. The summed E-state index contributed by atoms with van der Waals surface area (Å²) in [5.74, 6) is 0.980. The van der Waals surface area contributed by atoms with Crippen LogP contribution in [-0.2, 0) is 5.41 Å². The van der Waals surface area contributed by atoms with E-state index in [1.807, 2.05) is 12.1 Å². The molecule has 0 saturated carbocycles. The van der Waals surface area contributed by atoms with Gasteiger partial charge < -0.3 is 14.8 Å². The smallest absolute Gasteiger partial charge is 0.255 e. The van der Waals surface area contributed by atoms with Crippen LogP contribution in [0.25, 0.3) is 0 Å². The highest BCUT2D eigenvalue weighted by atomic mass is 79.9. The lowest BCUT2D eigenvalue weighted by atomic mass is 9.84. The second-order valence-electron chi connectivity index (χ2n) is 6.11. The molecule has 0 bridgehead atoms. The number of hydrogen-bond acceptors (Lipinski definition) is 3. The minimum atomic E-state index is -0.175. The predicted molar refractivity (Wildman–Crippen MR) is 92.1 cm³/mol. The number of halogens is 1. The Hall–Kier alpha value is -2.01. The van der Waals surface area contributed by atoms with E-state index >= 15 is 0 Å². The standard InChI is InChI=1S/C18H18BrNO3/c1-18(2,12-6-8-13(19)9-7-12)10-20-17(21)14-4-3-5-15-16(14)23-11-22-15/h3-9H,10-11H2,1-2H3,(H,20,21). The topological polar surface area (TPSA) is 47.6 Å². The summed E-state index contributed by atoms with van der Waals surface area (Å²) in [5.41, 5.74) is 1.50. The third-order valence-electron chi connectivity index (χ3n) is 3.96. The fraction of sp³-hybridized carbons (Fsp3) is 0.278. The fourth-order valence-corrected chi connectivity index (χ4v) is 2.77. The van der Waals surface area contributed by atoms with Crippen LogP contribution in [0.1, 0.15) is 29.8 Å². The maximum Gasteiger partial charge on any atom is 0.255 e. The van der Waals surface area contributed by atoms with Crippen LogP contribution in [0.15, 0.2) is 46.9 Å². The van der Waals surface area contributed by atoms with Crippen molar-refractivity contribution < 1.29 is 14.3 Å². The quantitative estimate of drug-likeness (QED) is 0.881. The van der Waals surface area contributed by atoms with Gasteiger partial charge in [-0.3, -0.25) is 4.79 Å². The van der Waals surface area contributed by atoms with Gasteiger partial charge in [0, 0.05) is 16.4 Å². The zero-order valence-electron chi connectivity index (χ0n) is 13.1. The number of nitrogens with one attached hydrogen (secondary N) is 1. The summed E-state index contributed by atoms with van der Waals surface area (Å²) in [6.07, 6.45) is 0. The van der Waals surface area contributed by atoms with Crippen molar-refractivity contribution in [2.75, 3.05) is 13.3 Å². The SMILES string of the molecule is CC(C)(CNC(=O)c1cccc2c1OCO2)c1ccc(Br)cc1. The van der Waals surface area contributed by atoms with Gasteiger partial charge in [0.2, 0.25) is 6.79 Å². The molecule has 1 N–H and O–H groups in total. The molecule has 5 heteroatoms. The Labute approximate surface area is 143 Å². The molecule has 0 aromatic heterocycles. The van der Waals surface area contributed by atoms with Crippen molar-refractivity contribution in [3.05, 3.63) is 58.1 Å². The molecule has 0 atom stereocenters. The molecule has 1 amide bonds. The number of carbonyl (C=O) groups is 1. The van der Waals surface area contributed by atoms with Gasteiger partial charge in [-0.15, -0.1) is 0 Å². The second kappa shape index (κ2) is 6.24. The molecule has 4 nitrogen and oxygen atoms in total. The summed E-state index contributed by atoms with van der Waals surface area (Å²) in [4.78, 5) is 12.5. The predicted octanol–water partition coefficient (Wildman–Crippen LogP) is 3.89. The van der Waals surface area contributed by atoms with Crippen molar-refractivity contribution >= 4 is 21.8 Å². The van der Waals surface area contributed by atoms with Gasteiger partial charge in [-0.1, -0.05) is 48.0 Å². The van der Waals surface area contributed by atoms with E-state index in [1.165, 1.54) is 5.56 Å². The normalized spacial score (nSPS) is 13.0. The number of benzene rings is 2. The van der Waals surface area contributed by atoms with Crippen LogP contribution in [0.2, 0.25) is 0 Å². The van der Waals surface area contributed by atoms with Gasteiger partial charge in [0.05, 0.1) is 5.56 Å². The van der Waals surface area contributed by atoms with Gasteiger partial charge in [0.25, 0.3) is 5.91 Å². The van der Waals surface area contributed by atoms with E-state index < -0.39 is 0 Å². The van der Waals surface area contributed by atoms with Gasteiger partial charge in [-0.05, 0) is 29.8 Å². The minimum Gasteiger partial charge on any atom is -0.454 e. The van der Waals surface area contributed by atoms with Crippen molar-refractivity contribution in [2.45, 2.75) is 19.3 Å². The maximum atomic E-state index is 12.5. The zero-order valence-corrected chi connectivity index (χ0v) is 14.6. The number of para-hydroxylation sites is 1.